The van der Waals surface area contributed by atoms with Crippen LogP contribution in [-0.2, 0) is 11.8 Å². The van der Waals surface area contributed by atoms with Crippen molar-refractivity contribution < 1.29 is 0 Å². The van der Waals surface area contributed by atoms with E-state index in [2.05, 4.69) is 38.1 Å². The number of unbranched alkanes of at least 4 members (excludes halogenated alkanes) is 1. The molecular formula is C11H19NS. The summed E-state index contributed by atoms with van der Waals surface area (Å²) < 4.78 is 0. The van der Waals surface area contributed by atoms with Crippen molar-refractivity contribution in [3.8, 4) is 0 Å². The molecule has 0 spiro atoms. The first-order valence-corrected chi connectivity index (χ1v) is 5.87. The van der Waals surface area contributed by atoms with Crippen molar-refractivity contribution in [1.82, 2.24) is 4.98 Å². The Morgan fingerprint density at radius 1 is 1.38 bits per heavy atom. The predicted octanol–water partition coefficient (Wildman–Crippen LogP) is 3.78. The molecule has 1 nitrogen and oxygen atoms in total. The van der Waals surface area contributed by atoms with Crippen LogP contribution < -0.4 is 0 Å². The fourth-order valence-electron chi connectivity index (χ4n) is 1.10. The quantitative estimate of drug-likeness (QED) is 0.718. The van der Waals surface area contributed by atoms with Gasteiger partial charge in [-0.25, -0.2) is 4.98 Å². The largest absolute Gasteiger partial charge is 0.246 e. The molecule has 0 saturated heterocycles. The van der Waals surface area contributed by atoms with Gasteiger partial charge in [-0.2, -0.15) is 0 Å². The second kappa shape index (κ2) is 4.23. The molecule has 0 aliphatic heterocycles. The van der Waals surface area contributed by atoms with E-state index >= 15 is 0 Å². The Kier molecular flexibility index (Phi) is 3.48. The molecule has 0 N–H and O–H groups in total. The van der Waals surface area contributed by atoms with Crippen LogP contribution in [0.3, 0.4) is 0 Å². The van der Waals surface area contributed by atoms with E-state index in [0.717, 1.165) is 6.42 Å². The van der Waals surface area contributed by atoms with Crippen LogP contribution in [0.25, 0.3) is 0 Å². The van der Waals surface area contributed by atoms with E-state index in [1.54, 1.807) is 11.3 Å². The Labute approximate surface area is 85.2 Å². The van der Waals surface area contributed by atoms with E-state index in [-0.39, 0.29) is 5.41 Å². The first kappa shape index (κ1) is 10.7. The molecule has 1 aromatic rings. The fraction of sp³-hybridized carbons (Fsp3) is 0.727. The lowest BCUT2D eigenvalue weighted by Gasteiger charge is -2.14. The van der Waals surface area contributed by atoms with Gasteiger partial charge >= 0.3 is 0 Å². The van der Waals surface area contributed by atoms with Crippen LogP contribution in [0.4, 0.5) is 0 Å². The summed E-state index contributed by atoms with van der Waals surface area (Å²) in [6.07, 6.45) is 3.67. The number of hydrogen-bond donors (Lipinski definition) is 0. The lowest BCUT2D eigenvalue weighted by molar-refractivity contribution is 0.570. The van der Waals surface area contributed by atoms with Gasteiger partial charge in [0.25, 0.3) is 0 Å². The smallest absolute Gasteiger partial charge is 0.0928 e. The zero-order chi connectivity index (χ0) is 9.90. The molecule has 74 valence electrons. The number of nitrogens with zero attached hydrogens (tertiary/aromatic N) is 1. The highest BCUT2D eigenvalue weighted by Crippen LogP contribution is 2.24. The molecule has 13 heavy (non-hydrogen) atoms. The zero-order valence-electron chi connectivity index (χ0n) is 9.05. The van der Waals surface area contributed by atoms with Gasteiger partial charge in [-0.1, -0.05) is 34.1 Å². The molecule has 1 rings (SSSR count). The van der Waals surface area contributed by atoms with Crippen LogP contribution in [0.5, 0.6) is 0 Å². The van der Waals surface area contributed by atoms with Gasteiger partial charge in [0, 0.05) is 10.8 Å². The van der Waals surface area contributed by atoms with Crippen LogP contribution in [-0.4, -0.2) is 4.98 Å². The van der Waals surface area contributed by atoms with Crippen molar-refractivity contribution in [3.63, 3.8) is 0 Å². The monoisotopic (exact) mass is 197 g/mol. The number of aromatic nitrogens is 1. The van der Waals surface area contributed by atoms with Crippen LogP contribution in [0, 0.1) is 0 Å². The molecule has 0 unspecified atom stereocenters. The van der Waals surface area contributed by atoms with Gasteiger partial charge < -0.3 is 0 Å². The average molecular weight is 197 g/mol. The maximum atomic E-state index is 4.64. The molecule has 1 aromatic heterocycles. The molecule has 0 aliphatic rings. The minimum Gasteiger partial charge on any atom is -0.246 e. The molecule has 0 atom stereocenters. The molecule has 0 radical (unpaired) electrons. The van der Waals surface area contributed by atoms with Gasteiger partial charge in [0.1, 0.15) is 0 Å². The highest BCUT2D eigenvalue weighted by atomic mass is 32.1. The fourth-order valence-corrected chi connectivity index (χ4v) is 2.17. The maximum absolute atomic E-state index is 4.64. The van der Waals surface area contributed by atoms with Crippen LogP contribution in [0.1, 0.15) is 51.2 Å². The van der Waals surface area contributed by atoms with Crippen LogP contribution in [0.2, 0.25) is 0 Å². The summed E-state index contributed by atoms with van der Waals surface area (Å²) in [6, 6.07) is 0. The summed E-state index contributed by atoms with van der Waals surface area (Å²) in [5.74, 6) is 0. The van der Waals surface area contributed by atoms with E-state index in [0.29, 0.717) is 0 Å². The molecular weight excluding hydrogens is 178 g/mol. The van der Waals surface area contributed by atoms with E-state index in [4.69, 9.17) is 0 Å². The average Bonchev–Trinajstić information content (AvgIpc) is 2.47. The van der Waals surface area contributed by atoms with E-state index < -0.39 is 0 Å². The Bertz CT molecular complexity index is 257. The molecule has 0 amide bonds. The van der Waals surface area contributed by atoms with E-state index in [1.807, 2.05) is 0 Å². The lowest BCUT2D eigenvalue weighted by Crippen LogP contribution is -2.11. The van der Waals surface area contributed by atoms with Gasteiger partial charge in [0.2, 0.25) is 0 Å². The third-order valence-corrected chi connectivity index (χ3v) is 2.97. The second-order valence-electron chi connectivity index (χ2n) is 4.48. The highest BCUT2D eigenvalue weighted by Gasteiger charge is 2.16. The third-order valence-electron chi connectivity index (χ3n) is 2.06. The molecule has 2 heteroatoms. The summed E-state index contributed by atoms with van der Waals surface area (Å²) in [5.41, 5.74) is 1.45. The topological polar surface area (TPSA) is 12.9 Å². The zero-order valence-corrected chi connectivity index (χ0v) is 9.87. The second-order valence-corrected chi connectivity index (χ2v) is 5.42. The van der Waals surface area contributed by atoms with Gasteiger partial charge in [-0.05, 0) is 12.8 Å². The summed E-state index contributed by atoms with van der Waals surface area (Å²) in [6.45, 7) is 8.86. The number of rotatable bonds is 3. The third kappa shape index (κ3) is 3.11. The van der Waals surface area contributed by atoms with Gasteiger partial charge in [0.15, 0.2) is 0 Å². The number of hydrogen-bond acceptors (Lipinski definition) is 2. The first-order chi connectivity index (χ1) is 6.04. The predicted molar refractivity (Wildman–Crippen MR) is 59.4 cm³/mol. The Morgan fingerprint density at radius 2 is 2.08 bits per heavy atom. The SMILES string of the molecule is CCCCc1nc(C(C)(C)C)cs1. The first-order valence-electron chi connectivity index (χ1n) is 4.99. The maximum Gasteiger partial charge on any atom is 0.0928 e. The van der Waals surface area contributed by atoms with Crippen molar-refractivity contribution in [2.24, 2.45) is 0 Å². The standard InChI is InChI=1S/C11H19NS/c1-5-6-7-10-12-9(8-13-10)11(2,3)4/h8H,5-7H2,1-4H3. The highest BCUT2D eigenvalue weighted by molar-refractivity contribution is 7.09. The molecule has 0 fully saturated rings. The van der Waals surface area contributed by atoms with Crippen molar-refractivity contribution in [2.75, 3.05) is 0 Å². The normalized spacial score (nSPS) is 12.0. The number of thiazole rings is 1. The van der Waals surface area contributed by atoms with Gasteiger partial charge in [0.05, 0.1) is 10.7 Å². The molecule has 0 aliphatic carbocycles. The Hall–Kier alpha value is -0.370. The van der Waals surface area contributed by atoms with Crippen molar-refractivity contribution >= 4 is 11.3 Å². The van der Waals surface area contributed by atoms with Crippen LogP contribution >= 0.6 is 11.3 Å². The van der Waals surface area contributed by atoms with Gasteiger partial charge in [-0.3, -0.25) is 0 Å². The lowest BCUT2D eigenvalue weighted by atomic mass is 9.93. The molecule has 0 bridgehead atoms. The van der Waals surface area contributed by atoms with Gasteiger partial charge in [-0.15, -0.1) is 11.3 Å². The number of aryl methyl sites for hydroxylation is 1. The molecule has 0 saturated carbocycles. The van der Waals surface area contributed by atoms with Crippen molar-refractivity contribution in [1.29, 1.82) is 0 Å². The molecule has 0 aromatic carbocycles. The summed E-state index contributed by atoms with van der Waals surface area (Å²) in [4.78, 5) is 4.64. The Morgan fingerprint density at radius 3 is 2.54 bits per heavy atom. The Balaban J connectivity index is 2.64. The summed E-state index contributed by atoms with van der Waals surface area (Å²) in [5, 5.41) is 3.50. The van der Waals surface area contributed by atoms with E-state index in [1.165, 1.54) is 23.5 Å². The van der Waals surface area contributed by atoms with Crippen molar-refractivity contribution in [2.45, 2.75) is 52.4 Å². The van der Waals surface area contributed by atoms with Crippen LogP contribution in [0.15, 0.2) is 5.38 Å². The summed E-state index contributed by atoms with van der Waals surface area (Å²) >= 11 is 1.81. The van der Waals surface area contributed by atoms with E-state index in [9.17, 15) is 0 Å². The summed E-state index contributed by atoms with van der Waals surface area (Å²) in [7, 11) is 0. The van der Waals surface area contributed by atoms with Crippen molar-refractivity contribution in [3.05, 3.63) is 16.1 Å². The minimum absolute atomic E-state index is 0.209. The minimum atomic E-state index is 0.209. The molecule has 1 heterocycles.